The summed E-state index contributed by atoms with van der Waals surface area (Å²) < 4.78 is 15.5. The van der Waals surface area contributed by atoms with Crippen molar-refractivity contribution in [2.24, 2.45) is 0 Å². The van der Waals surface area contributed by atoms with Crippen LogP contribution in [0.2, 0.25) is 0 Å². The number of aryl methyl sites for hydroxylation is 1. The highest BCUT2D eigenvalue weighted by atomic mass is 19.1. The van der Waals surface area contributed by atoms with Crippen LogP contribution in [0.4, 0.5) is 10.1 Å². The van der Waals surface area contributed by atoms with Crippen LogP contribution in [-0.4, -0.2) is 20.9 Å². The molecule has 0 radical (unpaired) electrons. The molecule has 25 heavy (non-hydrogen) atoms. The average molecular weight is 336 g/mol. The van der Waals surface area contributed by atoms with Crippen molar-refractivity contribution in [1.29, 1.82) is 0 Å². The summed E-state index contributed by atoms with van der Waals surface area (Å²) in [7, 11) is 0. The van der Waals surface area contributed by atoms with Gasteiger partial charge >= 0.3 is 0 Å². The zero-order valence-corrected chi connectivity index (χ0v) is 13.7. The number of hydrogen-bond acceptors (Lipinski definition) is 3. The van der Waals surface area contributed by atoms with Crippen LogP contribution in [0.25, 0.3) is 5.69 Å². The first-order valence-electron chi connectivity index (χ1n) is 8.22. The minimum absolute atomic E-state index is 0.138. The first kappa shape index (κ1) is 15.5. The van der Waals surface area contributed by atoms with Gasteiger partial charge in [-0.2, -0.15) is 0 Å². The monoisotopic (exact) mass is 336 g/mol. The first-order chi connectivity index (χ1) is 12.1. The lowest BCUT2D eigenvalue weighted by atomic mass is 10.2. The number of aromatic nitrogens is 3. The summed E-state index contributed by atoms with van der Waals surface area (Å²) >= 11 is 0. The van der Waals surface area contributed by atoms with Gasteiger partial charge in [0.15, 0.2) is 5.69 Å². The highest BCUT2D eigenvalue weighted by molar-refractivity contribution is 6.03. The Bertz CT molecular complexity index is 929. The van der Waals surface area contributed by atoms with Crippen molar-refractivity contribution in [2.45, 2.75) is 25.7 Å². The molecule has 0 spiro atoms. The van der Waals surface area contributed by atoms with Gasteiger partial charge in [-0.15, -0.1) is 5.10 Å². The van der Waals surface area contributed by atoms with Crippen LogP contribution in [0, 0.1) is 12.7 Å². The molecule has 1 heterocycles. The topological polar surface area (TPSA) is 59.8 Å². The normalized spacial score (nSPS) is 13.7. The maximum absolute atomic E-state index is 13.8. The predicted molar refractivity (Wildman–Crippen MR) is 92.4 cm³/mol. The van der Waals surface area contributed by atoms with Gasteiger partial charge in [-0.25, -0.2) is 9.07 Å². The standard InChI is InChI=1S/C19H17FN4O/c1-12-6-10-14(11-7-12)24-18(13-8-9-13)17(22-23-24)19(25)21-16-5-3-2-4-15(16)20/h2-7,10-11,13H,8-9H2,1H3,(H,21,25). The molecule has 1 aliphatic carbocycles. The highest BCUT2D eigenvalue weighted by Crippen LogP contribution is 2.42. The first-order valence-corrected chi connectivity index (χ1v) is 8.22. The Morgan fingerprint density at radius 3 is 2.56 bits per heavy atom. The second-order valence-corrected chi connectivity index (χ2v) is 6.28. The lowest BCUT2D eigenvalue weighted by Crippen LogP contribution is -2.16. The van der Waals surface area contributed by atoms with Gasteiger partial charge in [0.25, 0.3) is 5.91 Å². The highest BCUT2D eigenvalue weighted by Gasteiger charge is 2.34. The van der Waals surface area contributed by atoms with Crippen molar-refractivity contribution in [2.75, 3.05) is 5.32 Å². The van der Waals surface area contributed by atoms with Crippen molar-refractivity contribution in [3.63, 3.8) is 0 Å². The van der Waals surface area contributed by atoms with Crippen LogP contribution in [0.1, 0.15) is 40.5 Å². The van der Waals surface area contributed by atoms with Crippen LogP contribution >= 0.6 is 0 Å². The molecular formula is C19H17FN4O. The average Bonchev–Trinajstić information content (AvgIpc) is 3.36. The van der Waals surface area contributed by atoms with Crippen molar-refractivity contribution in [1.82, 2.24) is 15.0 Å². The second kappa shape index (κ2) is 6.12. The lowest BCUT2D eigenvalue weighted by molar-refractivity contribution is 0.102. The molecule has 1 fully saturated rings. The lowest BCUT2D eigenvalue weighted by Gasteiger charge is -2.08. The molecule has 0 saturated heterocycles. The number of rotatable bonds is 4. The van der Waals surface area contributed by atoms with E-state index in [2.05, 4.69) is 15.6 Å². The molecule has 1 N–H and O–H groups in total. The van der Waals surface area contributed by atoms with E-state index in [1.807, 2.05) is 31.2 Å². The van der Waals surface area contributed by atoms with Gasteiger partial charge in [0, 0.05) is 5.92 Å². The molecule has 2 aromatic carbocycles. The molecule has 126 valence electrons. The summed E-state index contributed by atoms with van der Waals surface area (Å²) in [6.45, 7) is 2.01. The van der Waals surface area contributed by atoms with E-state index in [9.17, 15) is 9.18 Å². The number of anilines is 1. The second-order valence-electron chi connectivity index (χ2n) is 6.28. The zero-order valence-electron chi connectivity index (χ0n) is 13.7. The fraction of sp³-hybridized carbons (Fsp3) is 0.211. The molecule has 1 aromatic heterocycles. The van der Waals surface area contributed by atoms with Gasteiger partial charge in [-0.1, -0.05) is 35.0 Å². The fourth-order valence-electron chi connectivity index (χ4n) is 2.79. The molecule has 0 unspecified atom stereocenters. The van der Waals surface area contributed by atoms with Crippen LogP contribution in [0.3, 0.4) is 0 Å². The molecular weight excluding hydrogens is 319 g/mol. The Morgan fingerprint density at radius 2 is 1.88 bits per heavy atom. The Labute approximate surface area is 144 Å². The van der Waals surface area contributed by atoms with Crippen molar-refractivity contribution >= 4 is 11.6 Å². The maximum Gasteiger partial charge on any atom is 0.278 e. The molecule has 1 aliphatic rings. The van der Waals surface area contributed by atoms with Crippen molar-refractivity contribution < 1.29 is 9.18 Å². The quantitative estimate of drug-likeness (QED) is 0.787. The van der Waals surface area contributed by atoms with E-state index in [0.717, 1.165) is 29.8 Å². The number of hydrogen-bond donors (Lipinski definition) is 1. The van der Waals surface area contributed by atoms with E-state index < -0.39 is 11.7 Å². The number of halogens is 1. The van der Waals surface area contributed by atoms with Gasteiger partial charge < -0.3 is 5.32 Å². The molecule has 0 atom stereocenters. The SMILES string of the molecule is Cc1ccc(-n2nnc(C(=O)Nc3ccccc3F)c2C2CC2)cc1. The predicted octanol–water partition coefficient (Wildman–Crippen LogP) is 3.84. The van der Waals surface area contributed by atoms with E-state index in [1.54, 1.807) is 16.8 Å². The van der Waals surface area contributed by atoms with Crippen LogP contribution in [0.5, 0.6) is 0 Å². The molecule has 0 bridgehead atoms. The Hall–Kier alpha value is -3.02. The number of benzene rings is 2. The summed E-state index contributed by atoms with van der Waals surface area (Å²) in [4.78, 5) is 12.6. The molecule has 0 aliphatic heterocycles. The third kappa shape index (κ3) is 3.03. The van der Waals surface area contributed by atoms with E-state index in [0.29, 0.717) is 0 Å². The Morgan fingerprint density at radius 1 is 1.16 bits per heavy atom. The number of carbonyl (C=O) groups is 1. The smallest absolute Gasteiger partial charge is 0.278 e. The Kier molecular flexibility index (Phi) is 3.80. The summed E-state index contributed by atoms with van der Waals surface area (Å²) in [5, 5.41) is 10.8. The number of nitrogens with one attached hydrogen (secondary N) is 1. The summed E-state index contributed by atoms with van der Waals surface area (Å²) in [6, 6.07) is 14.0. The van der Waals surface area contributed by atoms with Gasteiger partial charge in [0.05, 0.1) is 17.1 Å². The van der Waals surface area contributed by atoms with Gasteiger partial charge in [-0.3, -0.25) is 4.79 Å². The molecule has 4 rings (SSSR count). The van der Waals surface area contributed by atoms with E-state index in [1.165, 1.54) is 12.1 Å². The molecule has 3 aromatic rings. The fourth-order valence-corrected chi connectivity index (χ4v) is 2.79. The van der Waals surface area contributed by atoms with Gasteiger partial charge in [0.2, 0.25) is 0 Å². The van der Waals surface area contributed by atoms with Crippen LogP contribution in [0.15, 0.2) is 48.5 Å². The molecule has 1 saturated carbocycles. The minimum atomic E-state index is -0.477. The maximum atomic E-state index is 13.8. The third-order valence-electron chi connectivity index (χ3n) is 4.28. The number of para-hydroxylation sites is 1. The number of amides is 1. The summed E-state index contributed by atoms with van der Waals surface area (Å²) in [5.41, 5.74) is 3.20. The Balaban J connectivity index is 1.69. The molecule has 1 amide bonds. The summed E-state index contributed by atoms with van der Waals surface area (Å²) in [6.07, 6.45) is 2.00. The van der Waals surface area contributed by atoms with E-state index in [4.69, 9.17) is 0 Å². The summed E-state index contributed by atoms with van der Waals surface area (Å²) in [5.74, 6) is -0.655. The largest absolute Gasteiger partial charge is 0.318 e. The van der Waals surface area contributed by atoms with E-state index >= 15 is 0 Å². The zero-order chi connectivity index (χ0) is 17.4. The number of carbonyl (C=O) groups excluding carboxylic acids is 1. The van der Waals surface area contributed by atoms with E-state index in [-0.39, 0.29) is 17.3 Å². The van der Waals surface area contributed by atoms with Crippen LogP contribution in [-0.2, 0) is 0 Å². The van der Waals surface area contributed by atoms with Crippen molar-refractivity contribution in [3.8, 4) is 5.69 Å². The molecule has 5 nitrogen and oxygen atoms in total. The minimum Gasteiger partial charge on any atom is -0.318 e. The van der Waals surface area contributed by atoms with Gasteiger partial charge in [-0.05, 0) is 44.0 Å². The van der Waals surface area contributed by atoms with Crippen LogP contribution < -0.4 is 5.32 Å². The molecule has 6 heteroatoms. The number of nitrogens with zero attached hydrogens (tertiary/aromatic N) is 3. The van der Waals surface area contributed by atoms with Crippen molar-refractivity contribution in [3.05, 3.63) is 71.3 Å². The third-order valence-corrected chi connectivity index (χ3v) is 4.28. The van der Waals surface area contributed by atoms with Gasteiger partial charge in [0.1, 0.15) is 5.82 Å².